The Hall–Kier alpha value is -2.44. The lowest BCUT2D eigenvalue weighted by Gasteiger charge is -2.36. The molecule has 4 rings (SSSR count). The molecule has 2 saturated heterocycles. The standard InChI is InChI=1S/C27H35FN2O3/c1-20-17-21(2)19-30(18-20)13-16-33-23-9-7-22(8-10-23)29-26(31)27(11-14-32-15-12-27)24-5-3-4-6-25(24)28/h3-10,20-21H,11-19H2,1-2H3,(H,29,31)/t20-,21-/m1/s1. The van der Waals surface area contributed by atoms with E-state index in [4.69, 9.17) is 9.47 Å². The molecule has 1 amide bonds. The monoisotopic (exact) mass is 454 g/mol. The zero-order valence-electron chi connectivity index (χ0n) is 19.7. The summed E-state index contributed by atoms with van der Waals surface area (Å²) < 4.78 is 26.0. The van der Waals surface area contributed by atoms with Crippen LogP contribution in [0.15, 0.2) is 48.5 Å². The maximum Gasteiger partial charge on any atom is 0.235 e. The molecule has 2 atom stereocenters. The van der Waals surface area contributed by atoms with Crippen LogP contribution in [0.25, 0.3) is 0 Å². The van der Waals surface area contributed by atoms with E-state index in [0.717, 1.165) is 37.2 Å². The predicted octanol–water partition coefficient (Wildman–Crippen LogP) is 4.87. The van der Waals surface area contributed by atoms with Crippen LogP contribution in [-0.4, -0.2) is 50.3 Å². The number of nitrogens with one attached hydrogen (secondary N) is 1. The van der Waals surface area contributed by atoms with Crippen molar-refractivity contribution in [2.24, 2.45) is 11.8 Å². The van der Waals surface area contributed by atoms with Crippen molar-refractivity contribution >= 4 is 11.6 Å². The maximum absolute atomic E-state index is 14.6. The van der Waals surface area contributed by atoms with Gasteiger partial charge in [-0.05, 0) is 61.4 Å². The number of amides is 1. The van der Waals surface area contributed by atoms with Gasteiger partial charge in [0.05, 0.1) is 5.41 Å². The van der Waals surface area contributed by atoms with Crippen LogP contribution < -0.4 is 10.1 Å². The molecule has 0 saturated carbocycles. The number of anilines is 1. The van der Waals surface area contributed by atoms with E-state index >= 15 is 0 Å². The van der Waals surface area contributed by atoms with E-state index < -0.39 is 5.41 Å². The summed E-state index contributed by atoms with van der Waals surface area (Å²) in [5.41, 5.74) is 0.182. The Morgan fingerprint density at radius 3 is 2.42 bits per heavy atom. The minimum atomic E-state index is -0.929. The molecule has 2 fully saturated rings. The molecular weight excluding hydrogens is 419 g/mol. The second-order valence-corrected chi connectivity index (χ2v) is 9.71. The highest BCUT2D eigenvalue weighted by Crippen LogP contribution is 2.37. The van der Waals surface area contributed by atoms with Crippen molar-refractivity contribution in [3.8, 4) is 5.75 Å². The molecule has 0 aromatic heterocycles. The zero-order chi connectivity index (χ0) is 23.3. The largest absolute Gasteiger partial charge is 0.492 e. The molecule has 0 bridgehead atoms. The summed E-state index contributed by atoms with van der Waals surface area (Å²) in [6, 6.07) is 14.0. The number of likely N-dealkylation sites (tertiary alicyclic amines) is 1. The van der Waals surface area contributed by atoms with Crippen LogP contribution in [-0.2, 0) is 14.9 Å². The Balaban J connectivity index is 1.36. The van der Waals surface area contributed by atoms with E-state index in [-0.39, 0.29) is 11.7 Å². The molecule has 178 valence electrons. The van der Waals surface area contributed by atoms with Gasteiger partial charge in [0.2, 0.25) is 5.91 Å². The lowest BCUT2D eigenvalue weighted by molar-refractivity contribution is -0.125. The van der Waals surface area contributed by atoms with Crippen molar-refractivity contribution in [3.63, 3.8) is 0 Å². The Labute approximate surface area is 196 Å². The summed E-state index contributed by atoms with van der Waals surface area (Å²) in [6.07, 6.45) is 2.21. The summed E-state index contributed by atoms with van der Waals surface area (Å²) >= 11 is 0. The molecule has 5 nitrogen and oxygen atoms in total. The van der Waals surface area contributed by atoms with E-state index in [2.05, 4.69) is 24.1 Å². The Morgan fingerprint density at radius 2 is 1.76 bits per heavy atom. The van der Waals surface area contributed by atoms with Gasteiger partial charge in [-0.2, -0.15) is 0 Å². The molecule has 2 aliphatic heterocycles. The summed E-state index contributed by atoms with van der Waals surface area (Å²) in [7, 11) is 0. The smallest absolute Gasteiger partial charge is 0.235 e. The van der Waals surface area contributed by atoms with Crippen LogP contribution in [0.2, 0.25) is 0 Å². The molecule has 2 aliphatic rings. The lowest BCUT2D eigenvalue weighted by Crippen LogP contribution is -2.45. The van der Waals surface area contributed by atoms with Crippen LogP contribution in [0.1, 0.15) is 38.7 Å². The van der Waals surface area contributed by atoms with Crippen molar-refractivity contribution in [1.82, 2.24) is 4.90 Å². The van der Waals surface area contributed by atoms with Crippen molar-refractivity contribution < 1.29 is 18.7 Å². The Bertz CT molecular complexity index is 917. The summed E-state index contributed by atoms with van der Waals surface area (Å²) in [5, 5.41) is 3.00. The Morgan fingerprint density at radius 1 is 1.09 bits per heavy atom. The first-order valence-electron chi connectivity index (χ1n) is 12.1. The van der Waals surface area contributed by atoms with E-state index in [0.29, 0.717) is 43.9 Å². The molecule has 0 spiro atoms. The second-order valence-electron chi connectivity index (χ2n) is 9.71. The van der Waals surface area contributed by atoms with E-state index in [9.17, 15) is 9.18 Å². The van der Waals surface area contributed by atoms with Gasteiger partial charge in [-0.1, -0.05) is 32.0 Å². The first kappa shape index (κ1) is 23.7. The fraction of sp³-hybridized carbons (Fsp3) is 0.519. The average Bonchev–Trinajstić information content (AvgIpc) is 2.80. The van der Waals surface area contributed by atoms with Crippen molar-refractivity contribution in [3.05, 3.63) is 59.9 Å². The third-order valence-electron chi connectivity index (χ3n) is 6.90. The van der Waals surface area contributed by atoms with Crippen LogP contribution in [0.5, 0.6) is 5.75 Å². The van der Waals surface area contributed by atoms with E-state index in [1.807, 2.05) is 24.3 Å². The highest BCUT2D eigenvalue weighted by atomic mass is 19.1. The van der Waals surface area contributed by atoms with Crippen LogP contribution >= 0.6 is 0 Å². The number of piperidine rings is 1. The molecule has 0 radical (unpaired) electrons. The van der Waals surface area contributed by atoms with Gasteiger partial charge < -0.3 is 14.8 Å². The highest BCUT2D eigenvalue weighted by Gasteiger charge is 2.43. The molecule has 2 aromatic rings. The lowest BCUT2D eigenvalue weighted by atomic mass is 9.73. The minimum absolute atomic E-state index is 0.196. The number of halogens is 1. The second kappa shape index (κ2) is 10.7. The number of rotatable bonds is 7. The molecule has 2 heterocycles. The predicted molar refractivity (Wildman–Crippen MR) is 128 cm³/mol. The topological polar surface area (TPSA) is 50.8 Å². The normalized spacial score (nSPS) is 23.1. The number of benzene rings is 2. The van der Waals surface area contributed by atoms with Gasteiger partial charge in [-0.15, -0.1) is 0 Å². The number of hydrogen-bond donors (Lipinski definition) is 1. The van der Waals surface area contributed by atoms with Gasteiger partial charge >= 0.3 is 0 Å². The summed E-state index contributed by atoms with van der Waals surface area (Å²) in [6.45, 7) is 9.31. The summed E-state index contributed by atoms with van der Waals surface area (Å²) in [5.74, 6) is 1.70. The van der Waals surface area contributed by atoms with Crippen LogP contribution in [0.3, 0.4) is 0 Å². The Kier molecular flexibility index (Phi) is 7.66. The van der Waals surface area contributed by atoms with Gasteiger partial charge in [0.25, 0.3) is 0 Å². The maximum atomic E-state index is 14.6. The van der Waals surface area contributed by atoms with Gasteiger partial charge in [-0.3, -0.25) is 9.69 Å². The highest BCUT2D eigenvalue weighted by molar-refractivity contribution is 5.99. The number of hydrogen-bond acceptors (Lipinski definition) is 4. The number of carbonyl (C=O) groups is 1. The quantitative estimate of drug-likeness (QED) is 0.649. The molecular formula is C27H35FN2O3. The molecule has 33 heavy (non-hydrogen) atoms. The fourth-order valence-corrected chi connectivity index (χ4v) is 5.34. The van der Waals surface area contributed by atoms with Crippen LogP contribution in [0, 0.1) is 17.7 Å². The van der Waals surface area contributed by atoms with Crippen molar-refractivity contribution in [2.45, 2.75) is 38.5 Å². The third kappa shape index (κ3) is 5.74. The molecule has 0 aliphatic carbocycles. The summed E-state index contributed by atoms with van der Waals surface area (Å²) in [4.78, 5) is 15.8. The van der Waals surface area contributed by atoms with E-state index in [1.54, 1.807) is 18.2 Å². The van der Waals surface area contributed by atoms with Gasteiger partial charge in [0.1, 0.15) is 18.2 Å². The third-order valence-corrected chi connectivity index (χ3v) is 6.90. The van der Waals surface area contributed by atoms with Gasteiger partial charge in [0.15, 0.2) is 0 Å². The van der Waals surface area contributed by atoms with Crippen LogP contribution in [0.4, 0.5) is 10.1 Å². The molecule has 2 aromatic carbocycles. The van der Waals surface area contributed by atoms with Gasteiger partial charge in [-0.25, -0.2) is 4.39 Å². The van der Waals surface area contributed by atoms with E-state index in [1.165, 1.54) is 12.5 Å². The van der Waals surface area contributed by atoms with Crippen molar-refractivity contribution in [1.29, 1.82) is 0 Å². The first-order chi connectivity index (χ1) is 16.0. The molecule has 0 unspecified atom stereocenters. The number of ether oxygens (including phenoxy) is 2. The first-order valence-corrected chi connectivity index (χ1v) is 12.1. The van der Waals surface area contributed by atoms with Crippen molar-refractivity contribution in [2.75, 3.05) is 44.8 Å². The fourth-order valence-electron chi connectivity index (χ4n) is 5.34. The molecule has 6 heteroatoms. The average molecular weight is 455 g/mol. The molecule has 1 N–H and O–H groups in total. The van der Waals surface area contributed by atoms with Gasteiger partial charge in [0, 0.05) is 44.1 Å². The zero-order valence-corrected chi connectivity index (χ0v) is 19.7. The number of nitrogens with zero attached hydrogens (tertiary/aromatic N) is 1. The number of carbonyl (C=O) groups excluding carboxylic acids is 1. The SMILES string of the molecule is C[C@@H]1C[C@@H](C)CN(CCOc2ccc(NC(=O)C3(c4ccccc4F)CCOCC3)cc2)C1. The minimum Gasteiger partial charge on any atom is -0.492 e.